The van der Waals surface area contributed by atoms with Crippen LogP contribution in [-0.4, -0.2) is 18.1 Å². The van der Waals surface area contributed by atoms with Crippen LogP contribution in [0, 0.1) is 6.92 Å². The molecule has 0 aliphatic heterocycles. The van der Waals surface area contributed by atoms with Crippen molar-refractivity contribution in [1.82, 2.24) is 10.3 Å². The molecule has 2 rings (SSSR count). The van der Waals surface area contributed by atoms with Crippen LogP contribution in [0.15, 0.2) is 29.6 Å². The summed E-state index contributed by atoms with van der Waals surface area (Å²) >= 11 is 7.83. The average molecular weight is 295 g/mol. The molecule has 1 aromatic carbocycles. The third kappa shape index (κ3) is 4.30. The fraction of sp³-hybridized carbons (Fsp3) is 0.400. The first-order valence-corrected chi connectivity index (χ1v) is 7.82. The zero-order chi connectivity index (χ0) is 13.7. The molecule has 0 saturated carbocycles. The number of hydrogen-bond donors (Lipinski definition) is 1. The number of likely N-dealkylation sites (N-methyl/N-ethyl adjacent to an activating group) is 1. The van der Waals surface area contributed by atoms with E-state index in [4.69, 9.17) is 11.6 Å². The number of benzene rings is 1. The highest BCUT2D eigenvalue weighted by atomic mass is 35.5. The van der Waals surface area contributed by atoms with Crippen molar-refractivity contribution < 1.29 is 0 Å². The highest BCUT2D eigenvalue weighted by Gasteiger charge is 2.14. The number of aryl methyl sites for hydroxylation is 1. The summed E-state index contributed by atoms with van der Waals surface area (Å²) in [6, 6.07) is 8.14. The minimum atomic E-state index is 0.421. The Morgan fingerprint density at radius 1 is 1.42 bits per heavy atom. The lowest BCUT2D eigenvalue weighted by molar-refractivity contribution is 0.593. The maximum absolute atomic E-state index is 6.10. The van der Waals surface area contributed by atoms with Crippen molar-refractivity contribution in [3.8, 4) is 0 Å². The third-order valence-electron chi connectivity index (χ3n) is 3.05. The predicted octanol–water partition coefficient (Wildman–Crippen LogP) is 4.04. The van der Waals surface area contributed by atoms with E-state index in [2.05, 4.69) is 34.7 Å². The van der Waals surface area contributed by atoms with E-state index in [1.54, 1.807) is 11.3 Å². The van der Waals surface area contributed by atoms with Crippen LogP contribution in [-0.2, 0) is 6.42 Å². The topological polar surface area (TPSA) is 24.9 Å². The van der Waals surface area contributed by atoms with Gasteiger partial charge in [0.1, 0.15) is 0 Å². The Labute approximate surface area is 123 Å². The van der Waals surface area contributed by atoms with Gasteiger partial charge in [-0.25, -0.2) is 4.98 Å². The highest BCUT2D eigenvalue weighted by molar-refractivity contribution is 7.09. The van der Waals surface area contributed by atoms with Crippen molar-refractivity contribution in [3.05, 3.63) is 50.9 Å². The first kappa shape index (κ1) is 14.5. The second kappa shape index (κ2) is 7.04. The molecule has 1 atom stereocenters. The van der Waals surface area contributed by atoms with Crippen molar-refractivity contribution in [2.75, 3.05) is 13.1 Å². The summed E-state index contributed by atoms with van der Waals surface area (Å²) in [5, 5.41) is 7.53. The molecule has 0 aliphatic carbocycles. The highest BCUT2D eigenvalue weighted by Crippen LogP contribution is 2.24. The molecule has 1 aromatic heterocycles. The molecule has 0 fully saturated rings. The molecule has 19 heavy (non-hydrogen) atoms. The molecule has 1 unspecified atom stereocenters. The van der Waals surface area contributed by atoms with Gasteiger partial charge in [0.25, 0.3) is 0 Å². The SMILES string of the molecule is CCNCC(Cc1nc(C)cs1)c1cccc(Cl)c1. The maximum Gasteiger partial charge on any atom is 0.0934 e. The van der Waals surface area contributed by atoms with Crippen LogP contribution in [0.2, 0.25) is 5.02 Å². The van der Waals surface area contributed by atoms with E-state index in [9.17, 15) is 0 Å². The molecule has 2 aromatic rings. The van der Waals surface area contributed by atoms with Crippen LogP contribution in [0.3, 0.4) is 0 Å². The lowest BCUT2D eigenvalue weighted by Crippen LogP contribution is -2.22. The zero-order valence-electron chi connectivity index (χ0n) is 11.3. The van der Waals surface area contributed by atoms with Gasteiger partial charge in [0, 0.05) is 35.0 Å². The largest absolute Gasteiger partial charge is 0.316 e. The summed E-state index contributed by atoms with van der Waals surface area (Å²) in [7, 11) is 0. The number of hydrogen-bond acceptors (Lipinski definition) is 3. The number of nitrogens with zero attached hydrogens (tertiary/aromatic N) is 1. The molecule has 0 bridgehead atoms. The molecule has 0 aliphatic rings. The van der Waals surface area contributed by atoms with Gasteiger partial charge in [-0.2, -0.15) is 0 Å². The van der Waals surface area contributed by atoms with E-state index in [0.29, 0.717) is 5.92 Å². The lowest BCUT2D eigenvalue weighted by atomic mass is 9.96. The van der Waals surface area contributed by atoms with Crippen LogP contribution in [0.5, 0.6) is 0 Å². The molecule has 0 amide bonds. The Hall–Kier alpha value is -0.900. The van der Waals surface area contributed by atoms with Crippen molar-refractivity contribution in [2.45, 2.75) is 26.2 Å². The van der Waals surface area contributed by atoms with Gasteiger partial charge < -0.3 is 5.32 Å². The predicted molar refractivity (Wildman–Crippen MR) is 83.3 cm³/mol. The summed E-state index contributed by atoms with van der Waals surface area (Å²) in [5.74, 6) is 0.421. The van der Waals surface area contributed by atoms with Gasteiger partial charge in [0.2, 0.25) is 0 Å². The van der Waals surface area contributed by atoms with Gasteiger partial charge in [-0.15, -0.1) is 11.3 Å². The van der Waals surface area contributed by atoms with E-state index in [0.717, 1.165) is 30.2 Å². The first-order valence-electron chi connectivity index (χ1n) is 6.56. The summed E-state index contributed by atoms with van der Waals surface area (Å²) in [4.78, 5) is 4.56. The van der Waals surface area contributed by atoms with E-state index in [-0.39, 0.29) is 0 Å². The summed E-state index contributed by atoms with van der Waals surface area (Å²) in [6.45, 7) is 6.10. The Kier molecular flexibility index (Phi) is 5.37. The van der Waals surface area contributed by atoms with Crippen molar-refractivity contribution in [2.24, 2.45) is 0 Å². The quantitative estimate of drug-likeness (QED) is 0.870. The fourth-order valence-corrected chi connectivity index (χ4v) is 3.15. The number of aromatic nitrogens is 1. The normalized spacial score (nSPS) is 12.6. The molecule has 1 N–H and O–H groups in total. The van der Waals surface area contributed by atoms with Crippen LogP contribution >= 0.6 is 22.9 Å². The van der Waals surface area contributed by atoms with E-state index in [1.807, 2.05) is 19.1 Å². The Morgan fingerprint density at radius 3 is 2.89 bits per heavy atom. The van der Waals surface area contributed by atoms with E-state index < -0.39 is 0 Å². The van der Waals surface area contributed by atoms with Crippen molar-refractivity contribution >= 4 is 22.9 Å². The standard InChI is InChI=1S/C15H19ClN2S/c1-3-17-9-13(8-15-18-11(2)10-19-15)12-5-4-6-14(16)7-12/h4-7,10,13,17H,3,8-9H2,1-2H3. The molecular formula is C15H19ClN2S. The van der Waals surface area contributed by atoms with Crippen LogP contribution in [0.1, 0.15) is 29.1 Å². The Morgan fingerprint density at radius 2 is 2.26 bits per heavy atom. The summed E-state index contributed by atoms with van der Waals surface area (Å²) in [6.07, 6.45) is 0.964. The average Bonchev–Trinajstić information content (AvgIpc) is 2.80. The monoisotopic (exact) mass is 294 g/mol. The van der Waals surface area contributed by atoms with E-state index >= 15 is 0 Å². The van der Waals surface area contributed by atoms with Crippen LogP contribution in [0.25, 0.3) is 0 Å². The zero-order valence-corrected chi connectivity index (χ0v) is 12.9. The molecule has 102 valence electrons. The Bertz CT molecular complexity index is 524. The van der Waals surface area contributed by atoms with Crippen LogP contribution in [0.4, 0.5) is 0 Å². The number of nitrogens with one attached hydrogen (secondary N) is 1. The molecule has 2 nitrogen and oxygen atoms in total. The lowest BCUT2D eigenvalue weighted by Gasteiger charge is -2.17. The maximum atomic E-state index is 6.10. The van der Waals surface area contributed by atoms with Crippen molar-refractivity contribution in [3.63, 3.8) is 0 Å². The second-order valence-electron chi connectivity index (χ2n) is 4.65. The minimum absolute atomic E-state index is 0.421. The van der Waals surface area contributed by atoms with Gasteiger partial charge in [0.05, 0.1) is 5.01 Å². The summed E-state index contributed by atoms with van der Waals surface area (Å²) in [5.41, 5.74) is 2.38. The van der Waals surface area contributed by atoms with Gasteiger partial charge in [0.15, 0.2) is 0 Å². The number of rotatable bonds is 6. The van der Waals surface area contributed by atoms with Crippen LogP contribution < -0.4 is 5.32 Å². The third-order valence-corrected chi connectivity index (χ3v) is 4.27. The number of thiazole rings is 1. The van der Waals surface area contributed by atoms with E-state index in [1.165, 1.54) is 10.6 Å². The minimum Gasteiger partial charge on any atom is -0.316 e. The van der Waals surface area contributed by atoms with Crippen molar-refractivity contribution in [1.29, 1.82) is 0 Å². The molecule has 0 saturated heterocycles. The van der Waals surface area contributed by atoms with Gasteiger partial charge in [-0.3, -0.25) is 0 Å². The molecule has 0 radical (unpaired) electrons. The molecular weight excluding hydrogens is 276 g/mol. The van der Waals surface area contributed by atoms with Gasteiger partial charge in [-0.1, -0.05) is 30.7 Å². The molecule has 4 heteroatoms. The molecule has 0 spiro atoms. The second-order valence-corrected chi connectivity index (χ2v) is 6.03. The molecule has 1 heterocycles. The first-order chi connectivity index (χ1) is 9.19. The van der Waals surface area contributed by atoms with Gasteiger partial charge in [-0.05, 0) is 31.2 Å². The summed E-state index contributed by atoms with van der Waals surface area (Å²) < 4.78 is 0. The Balaban J connectivity index is 2.15. The van der Waals surface area contributed by atoms with Gasteiger partial charge >= 0.3 is 0 Å². The number of halogens is 1. The smallest absolute Gasteiger partial charge is 0.0934 e. The fourth-order valence-electron chi connectivity index (χ4n) is 2.09.